The third kappa shape index (κ3) is 4.33. The molecule has 0 bridgehead atoms. The van der Waals surface area contributed by atoms with Gasteiger partial charge >= 0.3 is 5.97 Å². The smallest absolute Gasteiger partial charge is 0.337 e. The molecule has 2 amide bonds. The minimum atomic E-state index is -0.475. The fourth-order valence-corrected chi connectivity index (χ4v) is 3.34. The summed E-state index contributed by atoms with van der Waals surface area (Å²) in [5.41, 5.74) is 1.82. The summed E-state index contributed by atoms with van der Waals surface area (Å²) in [5, 5.41) is 14.5. The highest BCUT2D eigenvalue weighted by Crippen LogP contribution is 2.27. The Morgan fingerprint density at radius 3 is 2.39 bits per heavy atom. The van der Waals surface area contributed by atoms with Crippen molar-refractivity contribution in [3.05, 3.63) is 59.2 Å². The maximum absolute atomic E-state index is 12.4. The molecule has 0 saturated heterocycles. The molecule has 2 aromatic carbocycles. The van der Waals surface area contributed by atoms with Gasteiger partial charge in [-0.1, -0.05) is 11.3 Å². The quantitative estimate of drug-likeness (QED) is 0.546. The van der Waals surface area contributed by atoms with E-state index in [0.29, 0.717) is 27.3 Å². The van der Waals surface area contributed by atoms with Crippen LogP contribution < -0.4 is 10.6 Å². The minimum absolute atomic E-state index is 0.134. The van der Waals surface area contributed by atoms with Crippen LogP contribution >= 0.6 is 11.3 Å². The third-order valence-corrected chi connectivity index (χ3v) is 4.77. The zero-order chi connectivity index (χ0) is 20.1. The number of hydrogen-bond donors (Lipinski definition) is 3. The lowest BCUT2D eigenvalue weighted by Crippen LogP contribution is -2.26. The van der Waals surface area contributed by atoms with Gasteiger partial charge in [0.1, 0.15) is 0 Å². The number of esters is 1. The van der Waals surface area contributed by atoms with Crippen molar-refractivity contribution in [3.63, 3.8) is 0 Å². The van der Waals surface area contributed by atoms with Crippen molar-refractivity contribution in [2.75, 3.05) is 25.6 Å². The summed E-state index contributed by atoms with van der Waals surface area (Å²) in [7, 11) is 1.29. The largest absolute Gasteiger partial charge is 0.465 e. The molecule has 3 rings (SSSR count). The number of aliphatic hydroxyl groups is 1. The molecule has 0 saturated carbocycles. The lowest BCUT2D eigenvalue weighted by Gasteiger charge is -2.03. The lowest BCUT2D eigenvalue weighted by atomic mass is 10.1. The van der Waals surface area contributed by atoms with Crippen LogP contribution in [0.3, 0.4) is 0 Å². The topological polar surface area (TPSA) is 118 Å². The van der Waals surface area contributed by atoms with Gasteiger partial charge in [0.25, 0.3) is 11.8 Å². The Morgan fingerprint density at radius 1 is 1.04 bits per heavy atom. The van der Waals surface area contributed by atoms with Crippen molar-refractivity contribution in [1.82, 2.24) is 10.3 Å². The van der Waals surface area contributed by atoms with E-state index in [4.69, 9.17) is 5.11 Å². The number of fused-ring (bicyclic) bond motifs is 1. The first-order valence-electron chi connectivity index (χ1n) is 8.31. The second-order valence-corrected chi connectivity index (χ2v) is 6.73. The Labute approximate surface area is 164 Å². The molecule has 0 aliphatic rings. The van der Waals surface area contributed by atoms with Crippen molar-refractivity contribution < 1.29 is 24.2 Å². The Morgan fingerprint density at radius 2 is 1.71 bits per heavy atom. The van der Waals surface area contributed by atoms with E-state index in [1.807, 2.05) is 0 Å². The number of carbonyl (C=O) groups is 3. The highest BCUT2D eigenvalue weighted by molar-refractivity contribution is 7.22. The van der Waals surface area contributed by atoms with Crippen LogP contribution in [0.2, 0.25) is 0 Å². The standard InChI is InChI=1S/C19H17N3O5S/c1-27-18(26)12-4-2-11(3-5-12)17(25)22-19-21-14-7-6-13(10-15(14)28-19)16(24)20-8-9-23/h2-7,10,23H,8-9H2,1H3,(H,20,24)(H,21,22,25). The fourth-order valence-electron chi connectivity index (χ4n) is 2.44. The summed E-state index contributed by atoms with van der Waals surface area (Å²) in [5.74, 6) is -1.13. The van der Waals surface area contributed by atoms with Crippen LogP contribution in [0.5, 0.6) is 0 Å². The normalized spacial score (nSPS) is 10.5. The van der Waals surface area contributed by atoms with Gasteiger partial charge in [0.15, 0.2) is 5.13 Å². The molecule has 0 spiro atoms. The molecular formula is C19H17N3O5S. The maximum atomic E-state index is 12.4. The van der Waals surface area contributed by atoms with E-state index in [2.05, 4.69) is 20.4 Å². The number of nitrogens with zero attached hydrogens (tertiary/aromatic N) is 1. The predicted octanol–water partition coefficient (Wildman–Crippen LogP) is 2.06. The molecular weight excluding hydrogens is 382 g/mol. The molecule has 3 N–H and O–H groups in total. The number of ether oxygens (including phenoxy) is 1. The van der Waals surface area contributed by atoms with Gasteiger partial charge < -0.3 is 15.2 Å². The Bertz CT molecular complexity index is 1030. The molecule has 0 aliphatic heterocycles. The van der Waals surface area contributed by atoms with Crippen LogP contribution in [-0.4, -0.2) is 48.1 Å². The van der Waals surface area contributed by atoms with Gasteiger partial charge in [-0.3, -0.25) is 14.9 Å². The maximum Gasteiger partial charge on any atom is 0.337 e. The zero-order valence-electron chi connectivity index (χ0n) is 14.9. The van der Waals surface area contributed by atoms with Crippen molar-refractivity contribution in [2.24, 2.45) is 0 Å². The number of anilines is 1. The molecule has 0 aliphatic carbocycles. The van der Waals surface area contributed by atoms with E-state index >= 15 is 0 Å². The SMILES string of the molecule is COC(=O)c1ccc(C(=O)Nc2nc3ccc(C(=O)NCCO)cc3s2)cc1. The summed E-state index contributed by atoms with van der Waals surface area (Å²) >= 11 is 1.24. The molecule has 144 valence electrons. The summed E-state index contributed by atoms with van der Waals surface area (Å²) in [6.45, 7) is 0.0426. The van der Waals surface area contributed by atoms with Gasteiger partial charge in [-0.15, -0.1) is 0 Å². The number of methoxy groups -OCH3 is 1. The van der Waals surface area contributed by atoms with E-state index in [-0.39, 0.29) is 25.0 Å². The van der Waals surface area contributed by atoms with Gasteiger partial charge in [-0.25, -0.2) is 9.78 Å². The number of rotatable bonds is 6. The fraction of sp³-hybridized carbons (Fsp3) is 0.158. The number of carbonyl (C=O) groups excluding carboxylic acids is 3. The predicted molar refractivity (Wildman–Crippen MR) is 105 cm³/mol. The molecule has 8 nitrogen and oxygen atoms in total. The van der Waals surface area contributed by atoms with Crippen LogP contribution in [0.1, 0.15) is 31.1 Å². The number of amides is 2. The van der Waals surface area contributed by atoms with E-state index in [9.17, 15) is 14.4 Å². The second-order valence-electron chi connectivity index (χ2n) is 5.70. The van der Waals surface area contributed by atoms with E-state index in [1.54, 1.807) is 18.2 Å². The average molecular weight is 399 g/mol. The average Bonchev–Trinajstić information content (AvgIpc) is 3.12. The van der Waals surface area contributed by atoms with Crippen molar-refractivity contribution >= 4 is 44.5 Å². The number of aromatic nitrogens is 1. The molecule has 1 aromatic heterocycles. The summed E-state index contributed by atoms with van der Waals surface area (Å²) in [4.78, 5) is 40.1. The molecule has 28 heavy (non-hydrogen) atoms. The van der Waals surface area contributed by atoms with Crippen LogP contribution in [-0.2, 0) is 4.74 Å². The van der Waals surface area contributed by atoms with Crippen molar-refractivity contribution in [3.8, 4) is 0 Å². The van der Waals surface area contributed by atoms with Crippen molar-refractivity contribution in [2.45, 2.75) is 0 Å². The van der Waals surface area contributed by atoms with Gasteiger partial charge in [-0.05, 0) is 42.5 Å². The van der Waals surface area contributed by atoms with Crippen LogP contribution in [0.25, 0.3) is 10.2 Å². The van der Waals surface area contributed by atoms with Gasteiger partial charge in [0.05, 0.1) is 29.5 Å². The van der Waals surface area contributed by atoms with Crippen LogP contribution in [0.15, 0.2) is 42.5 Å². The molecule has 0 radical (unpaired) electrons. The monoisotopic (exact) mass is 399 g/mol. The molecule has 0 unspecified atom stereocenters. The van der Waals surface area contributed by atoms with Gasteiger partial charge in [0, 0.05) is 17.7 Å². The summed E-state index contributed by atoms with van der Waals surface area (Å²) in [6.07, 6.45) is 0. The lowest BCUT2D eigenvalue weighted by molar-refractivity contribution is 0.0600. The summed E-state index contributed by atoms with van der Waals surface area (Å²) in [6, 6.07) is 11.1. The Hall–Kier alpha value is -3.30. The third-order valence-electron chi connectivity index (χ3n) is 3.84. The van der Waals surface area contributed by atoms with E-state index in [1.165, 1.54) is 42.7 Å². The van der Waals surface area contributed by atoms with Gasteiger partial charge in [-0.2, -0.15) is 0 Å². The van der Waals surface area contributed by atoms with E-state index < -0.39 is 5.97 Å². The number of nitrogens with one attached hydrogen (secondary N) is 2. The molecule has 9 heteroatoms. The highest BCUT2D eigenvalue weighted by atomic mass is 32.1. The molecule has 3 aromatic rings. The number of hydrogen-bond acceptors (Lipinski definition) is 7. The Balaban J connectivity index is 1.74. The van der Waals surface area contributed by atoms with Crippen LogP contribution in [0.4, 0.5) is 5.13 Å². The molecule has 0 fully saturated rings. The first-order chi connectivity index (χ1) is 13.5. The van der Waals surface area contributed by atoms with Crippen LogP contribution in [0, 0.1) is 0 Å². The number of thiazole rings is 1. The number of aliphatic hydroxyl groups excluding tert-OH is 1. The molecule has 0 atom stereocenters. The Kier molecular flexibility index (Phi) is 5.97. The summed E-state index contributed by atoms with van der Waals surface area (Å²) < 4.78 is 5.37. The van der Waals surface area contributed by atoms with Crippen molar-refractivity contribution in [1.29, 1.82) is 0 Å². The first kappa shape index (κ1) is 19.5. The zero-order valence-corrected chi connectivity index (χ0v) is 15.7. The van der Waals surface area contributed by atoms with Gasteiger partial charge in [0.2, 0.25) is 0 Å². The second kappa shape index (κ2) is 8.59. The first-order valence-corrected chi connectivity index (χ1v) is 9.13. The minimum Gasteiger partial charge on any atom is -0.465 e. The molecule has 1 heterocycles. The van der Waals surface area contributed by atoms with E-state index in [0.717, 1.165) is 4.70 Å². The highest BCUT2D eigenvalue weighted by Gasteiger charge is 2.13. The number of benzene rings is 2.